The molecule has 5 rings (SSSR count). The Morgan fingerprint density at radius 3 is 2.64 bits per heavy atom. The van der Waals surface area contributed by atoms with Gasteiger partial charge in [0.05, 0.1) is 18.3 Å². The van der Waals surface area contributed by atoms with Crippen LogP contribution in [0.4, 0.5) is 10.5 Å². The summed E-state index contributed by atoms with van der Waals surface area (Å²) in [6, 6.07) is 18.6. The van der Waals surface area contributed by atoms with Crippen molar-refractivity contribution in [1.82, 2.24) is 10.6 Å². The number of urea groups is 1. The van der Waals surface area contributed by atoms with Gasteiger partial charge >= 0.3 is 6.03 Å². The first kappa shape index (κ1) is 23.7. The van der Waals surface area contributed by atoms with Crippen LogP contribution in [-0.2, 0) is 6.54 Å². The first-order valence-electron chi connectivity index (χ1n) is 12.3. The average molecular weight is 486 g/mol. The molecule has 7 heteroatoms. The summed E-state index contributed by atoms with van der Waals surface area (Å²) < 4.78 is 12.3. The summed E-state index contributed by atoms with van der Waals surface area (Å²) in [6.45, 7) is 8.85. The van der Waals surface area contributed by atoms with Gasteiger partial charge in [0.2, 0.25) is 0 Å². The van der Waals surface area contributed by atoms with Crippen molar-refractivity contribution in [2.75, 3.05) is 11.5 Å². The Bertz CT molecular complexity index is 1320. The van der Waals surface area contributed by atoms with Crippen LogP contribution in [0, 0.1) is 13.8 Å². The van der Waals surface area contributed by atoms with Gasteiger partial charge in [-0.15, -0.1) is 0 Å². The molecule has 0 spiro atoms. The van der Waals surface area contributed by atoms with Crippen LogP contribution in [0.5, 0.6) is 11.5 Å². The predicted octanol–water partition coefficient (Wildman–Crippen LogP) is 5.40. The third-order valence-corrected chi connectivity index (χ3v) is 6.66. The van der Waals surface area contributed by atoms with Crippen molar-refractivity contribution < 1.29 is 19.1 Å². The fourth-order valence-corrected chi connectivity index (χ4v) is 5.26. The Morgan fingerprint density at radius 2 is 1.89 bits per heavy atom. The molecule has 1 fully saturated rings. The topological polar surface area (TPSA) is 79.9 Å². The lowest BCUT2D eigenvalue weighted by Crippen LogP contribution is -2.65. The van der Waals surface area contributed by atoms with Crippen LogP contribution < -0.4 is 25.0 Å². The first-order valence-corrected chi connectivity index (χ1v) is 12.3. The lowest BCUT2D eigenvalue weighted by molar-refractivity contribution is 0.0343. The van der Waals surface area contributed by atoms with Gasteiger partial charge in [-0.1, -0.05) is 47.5 Å². The van der Waals surface area contributed by atoms with Crippen molar-refractivity contribution in [3.05, 3.63) is 88.5 Å². The molecule has 2 aliphatic heterocycles. The number of para-hydroxylation sites is 1. The molecule has 3 aromatic rings. The largest absolute Gasteiger partial charge is 0.490 e. The molecule has 3 aromatic carbocycles. The summed E-state index contributed by atoms with van der Waals surface area (Å²) in [7, 11) is 0. The zero-order valence-electron chi connectivity index (χ0n) is 21.1. The van der Waals surface area contributed by atoms with Gasteiger partial charge in [0.25, 0.3) is 5.91 Å². The summed E-state index contributed by atoms with van der Waals surface area (Å²) in [4.78, 5) is 27.9. The molecule has 0 radical (unpaired) electrons. The van der Waals surface area contributed by atoms with E-state index in [4.69, 9.17) is 9.47 Å². The molecule has 186 valence electrons. The Kier molecular flexibility index (Phi) is 6.08. The molecule has 36 heavy (non-hydrogen) atoms. The van der Waals surface area contributed by atoms with Crippen LogP contribution in [0.2, 0.25) is 0 Å². The second kappa shape index (κ2) is 9.22. The molecule has 2 N–H and O–H groups in total. The number of amides is 3. The van der Waals surface area contributed by atoms with E-state index in [2.05, 4.69) is 28.8 Å². The smallest absolute Gasteiger partial charge is 0.325 e. The van der Waals surface area contributed by atoms with E-state index in [0.717, 1.165) is 22.3 Å². The third-order valence-electron chi connectivity index (χ3n) is 6.66. The fraction of sp³-hybridized carbons (Fsp3) is 0.310. The van der Waals surface area contributed by atoms with Crippen molar-refractivity contribution >= 4 is 17.6 Å². The molecule has 7 nitrogen and oxygen atoms in total. The van der Waals surface area contributed by atoms with Gasteiger partial charge in [-0.3, -0.25) is 9.69 Å². The van der Waals surface area contributed by atoms with E-state index in [1.807, 2.05) is 52.0 Å². The van der Waals surface area contributed by atoms with Crippen LogP contribution >= 0.6 is 0 Å². The first-order chi connectivity index (χ1) is 17.3. The van der Waals surface area contributed by atoms with Gasteiger partial charge in [-0.05, 0) is 57.5 Å². The number of rotatable bonds is 6. The molecule has 1 unspecified atom stereocenters. The standard InChI is InChI=1S/C29H31N3O4/c1-5-35-25-11-7-10-23-24-16-29(4,36-26(23)25)32(28(34)31-24)22-9-6-8-21(15-22)27(33)30-17-20-13-18(2)12-19(3)14-20/h6-15,24H,5,16-17H2,1-4H3,(H,30,33)(H,31,34)/t24?,29-/m1/s1. The van der Waals surface area contributed by atoms with Gasteiger partial charge in [0, 0.05) is 24.1 Å². The minimum absolute atomic E-state index is 0.188. The van der Waals surface area contributed by atoms with E-state index in [1.54, 1.807) is 23.1 Å². The molecule has 2 atom stereocenters. The van der Waals surface area contributed by atoms with Gasteiger partial charge < -0.3 is 20.1 Å². The highest BCUT2D eigenvalue weighted by Gasteiger charge is 2.50. The highest BCUT2D eigenvalue weighted by molar-refractivity contribution is 5.99. The Hall–Kier alpha value is -4.00. The Labute approximate surface area is 211 Å². The SMILES string of the molecule is CCOc1cccc2c1O[C@]1(C)CC2NC(=O)N1c1cccc(C(=O)NCc2cc(C)cc(C)c2)c1. The lowest BCUT2D eigenvalue weighted by atomic mass is 9.89. The molecular formula is C29H31N3O4. The number of carbonyl (C=O) groups is 2. The Balaban J connectivity index is 1.40. The summed E-state index contributed by atoms with van der Waals surface area (Å²) in [6.07, 6.45) is 0.560. The van der Waals surface area contributed by atoms with Crippen LogP contribution in [0.15, 0.2) is 60.7 Å². The molecule has 2 aliphatic rings. The van der Waals surface area contributed by atoms with E-state index < -0.39 is 5.72 Å². The van der Waals surface area contributed by atoms with E-state index in [0.29, 0.717) is 42.3 Å². The van der Waals surface area contributed by atoms with Gasteiger partial charge in [0.15, 0.2) is 17.2 Å². The molecule has 0 saturated carbocycles. The fourth-order valence-electron chi connectivity index (χ4n) is 5.26. The van der Waals surface area contributed by atoms with Crippen molar-refractivity contribution in [3.63, 3.8) is 0 Å². The number of aryl methyl sites for hydroxylation is 2. The number of carbonyl (C=O) groups excluding carboxylic acids is 2. The number of fused-ring (bicyclic) bond motifs is 4. The maximum absolute atomic E-state index is 13.3. The van der Waals surface area contributed by atoms with Crippen molar-refractivity contribution in [1.29, 1.82) is 0 Å². The van der Waals surface area contributed by atoms with Crippen LogP contribution in [0.3, 0.4) is 0 Å². The molecule has 0 aliphatic carbocycles. The minimum Gasteiger partial charge on any atom is -0.490 e. The zero-order chi connectivity index (χ0) is 25.4. The maximum Gasteiger partial charge on any atom is 0.325 e. The summed E-state index contributed by atoms with van der Waals surface area (Å²) in [5.74, 6) is 1.09. The van der Waals surface area contributed by atoms with Gasteiger partial charge in [-0.25, -0.2) is 4.79 Å². The number of hydrogen-bond donors (Lipinski definition) is 2. The minimum atomic E-state index is -0.943. The molecular weight excluding hydrogens is 454 g/mol. The number of nitrogens with one attached hydrogen (secondary N) is 2. The predicted molar refractivity (Wildman–Crippen MR) is 139 cm³/mol. The van der Waals surface area contributed by atoms with Crippen molar-refractivity contribution in [2.45, 2.75) is 52.4 Å². The van der Waals surface area contributed by atoms with E-state index in [-0.39, 0.29) is 18.0 Å². The summed E-state index contributed by atoms with van der Waals surface area (Å²) >= 11 is 0. The second-order valence-corrected chi connectivity index (χ2v) is 9.66. The van der Waals surface area contributed by atoms with Gasteiger partial charge in [0.1, 0.15) is 0 Å². The van der Waals surface area contributed by atoms with Gasteiger partial charge in [-0.2, -0.15) is 0 Å². The van der Waals surface area contributed by atoms with Crippen LogP contribution in [0.25, 0.3) is 0 Å². The van der Waals surface area contributed by atoms with Crippen LogP contribution in [0.1, 0.15) is 58.9 Å². The van der Waals surface area contributed by atoms with E-state index in [9.17, 15) is 9.59 Å². The molecule has 0 aromatic heterocycles. The van der Waals surface area contributed by atoms with Crippen molar-refractivity contribution in [3.8, 4) is 11.5 Å². The Morgan fingerprint density at radius 1 is 1.14 bits per heavy atom. The van der Waals surface area contributed by atoms with Crippen LogP contribution in [-0.4, -0.2) is 24.3 Å². The highest BCUT2D eigenvalue weighted by Crippen LogP contribution is 2.49. The highest BCUT2D eigenvalue weighted by atomic mass is 16.5. The zero-order valence-corrected chi connectivity index (χ0v) is 21.1. The van der Waals surface area contributed by atoms with E-state index in [1.165, 1.54) is 0 Å². The number of benzene rings is 3. The number of ether oxygens (including phenoxy) is 2. The third kappa shape index (κ3) is 4.37. The molecule has 3 amide bonds. The average Bonchev–Trinajstić information content (AvgIpc) is 2.82. The quantitative estimate of drug-likeness (QED) is 0.490. The van der Waals surface area contributed by atoms with E-state index >= 15 is 0 Å². The number of hydrogen-bond acceptors (Lipinski definition) is 4. The molecule has 1 saturated heterocycles. The normalized spacial score (nSPS) is 20.2. The molecule has 2 heterocycles. The monoisotopic (exact) mass is 485 g/mol. The summed E-state index contributed by atoms with van der Waals surface area (Å²) in [5, 5.41) is 6.10. The number of nitrogens with zero attached hydrogens (tertiary/aromatic N) is 1. The summed E-state index contributed by atoms with van der Waals surface area (Å²) in [5.41, 5.74) is 4.39. The van der Waals surface area contributed by atoms with Crippen molar-refractivity contribution in [2.24, 2.45) is 0 Å². The number of anilines is 1. The second-order valence-electron chi connectivity index (χ2n) is 9.66. The molecule has 2 bridgehead atoms. The lowest BCUT2D eigenvalue weighted by Gasteiger charge is -2.50. The maximum atomic E-state index is 13.3.